The van der Waals surface area contributed by atoms with Crippen molar-refractivity contribution in [2.75, 3.05) is 34.0 Å². The molecule has 0 spiro atoms. The van der Waals surface area contributed by atoms with E-state index in [2.05, 4.69) is 76.8 Å². The zero-order valence-electron chi connectivity index (χ0n) is 33.0. The number of fused-ring (bicyclic) bond motifs is 4. The van der Waals surface area contributed by atoms with Gasteiger partial charge in [-0.1, -0.05) is 47.6 Å². The van der Waals surface area contributed by atoms with Crippen LogP contribution < -0.4 is 51.1 Å². The van der Waals surface area contributed by atoms with E-state index in [0.717, 1.165) is 27.9 Å². The van der Waals surface area contributed by atoms with E-state index in [9.17, 15) is 9.90 Å². The summed E-state index contributed by atoms with van der Waals surface area (Å²) in [4.78, 5) is 36.3. The number of aliphatic hydroxyl groups excluding tert-OH is 1. The molecule has 54 heavy (non-hydrogen) atoms. The van der Waals surface area contributed by atoms with Crippen molar-refractivity contribution in [2.24, 2.45) is 16.5 Å². The molecule has 290 valence electrons. The highest BCUT2D eigenvalue weighted by Crippen LogP contribution is 2.40. The van der Waals surface area contributed by atoms with E-state index in [0.29, 0.717) is 39.1 Å². The Hall–Kier alpha value is -5.81. The van der Waals surface area contributed by atoms with E-state index < -0.39 is 6.23 Å². The van der Waals surface area contributed by atoms with Crippen molar-refractivity contribution in [1.29, 1.82) is 0 Å². The molecule has 0 bridgehead atoms. The van der Waals surface area contributed by atoms with Crippen molar-refractivity contribution in [3.05, 3.63) is 62.8 Å². The molecular formula is C37H55N15O2. The Labute approximate surface area is 314 Å². The molecule has 17 heteroatoms. The third-order valence-electron chi connectivity index (χ3n) is 8.76. The molecule has 16 N–H and O–H groups in total. The summed E-state index contributed by atoms with van der Waals surface area (Å²) in [7, 11) is 0. The Balaban J connectivity index is 0.000000185. The number of nitrogens with two attached hydrogens (primary N) is 7. The number of nitrogens with one attached hydrogen (secondary N) is 1. The normalized spacial score (nSPS) is 14.9. The number of aryl methyl sites for hydroxylation is 1. The Morgan fingerprint density at radius 2 is 1.37 bits per heavy atom. The van der Waals surface area contributed by atoms with Gasteiger partial charge in [0.1, 0.15) is 11.6 Å². The predicted octanol–water partition coefficient (Wildman–Crippen LogP) is 3.82. The fraction of sp³-hybridized carbons (Fsp3) is 0.432. The number of hydrogen-bond acceptors (Lipinski definition) is 16. The van der Waals surface area contributed by atoms with Crippen LogP contribution in [0.4, 0.5) is 34.9 Å². The van der Waals surface area contributed by atoms with Gasteiger partial charge in [-0.25, -0.2) is 24.7 Å². The van der Waals surface area contributed by atoms with Crippen LogP contribution in [0.2, 0.25) is 0 Å². The fourth-order valence-corrected chi connectivity index (χ4v) is 6.02. The van der Waals surface area contributed by atoms with E-state index in [4.69, 9.17) is 40.1 Å². The van der Waals surface area contributed by atoms with Crippen molar-refractivity contribution in [3.8, 4) is 0 Å². The minimum Gasteiger partial charge on any atom is -0.398 e. The number of nitrogen functional groups attached to an aromatic ring is 5. The monoisotopic (exact) mass is 741 g/mol. The molecule has 2 atom stereocenters. The minimum absolute atomic E-state index is 0.0673. The van der Waals surface area contributed by atoms with Gasteiger partial charge >= 0.3 is 5.69 Å². The second kappa shape index (κ2) is 14.5. The molecule has 2 aromatic carbocycles. The van der Waals surface area contributed by atoms with Gasteiger partial charge in [-0.05, 0) is 68.7 Å². The maximum atomic E-state index is 11.6. The van der Waals surface area contributed by atoms with Crippen LogP contribution in [-0.2, 0) is 16.4 Å². The van der Waals surface area contributed by atoms with Crippen molar-refractivity contribution >= 4 is 62.7 Å². The van der Waals surface area contributed by atoms with E-state index in [-0.39, 0.29) is 51.8 Å². The number of anilines is 6. The molecule has 0 amide bonds. The Kier molecular flexibility index (Phi) is 11.0. The fourth-order valence-electron chi connectivity index (χ4n) is 6.02. The highest BCUT2D eigenvalue weighted by molar-refractivity contribution is 6.11. The summed E-state index contributed by atoms with van der Waals surface area (Å²) >= 11 is 0. The van der Waals surface area contributed by atoms with Gasteiger partial charge in [0, 0.05) is 40.0 Å². The summed E-state index contributed by atoms with van der Waals surface area (Å²) in [6.07, 6.45) is 0.698. The largest absolute Gasteiger partial charge is 0.398 e. The maximum absolute atomic E-state index is 11.6. The SMILES string of the molecule is CC(C)(C)c1ccc(N)c2c1NC(N)=NC2O.CC(N)c1cn(C(C)(C)C)c(=O)nc1N.Cc1nc(N)nc2c1cc(C(C)(C)C)c1nc(N)nc(N)c12. The second-order valence-corrected chi connectivity index (χ2v) is 16.4. The lowest BCUT2D eigenvalue weighted by Crippen LogP contribution is -2.36. The van der Waals surface area contributed by atoms with Crippen LogP contribution in [0, 0.1) is 6.92 Å². The molecule has 0 radical (unpaired) electrons. The number of benzene rings is 2. The van der Waals surface area contributed by atoms with E-state index in [1.54, 1.807) is 16.8 Å². The van der Waals surface area contributed by atoms with Gasteiger partial charge in [-0.3, -0.25) is 4.57 Å². The van der Waals surface area contributed by atoms with Gasteiger partial charge < -0.3 is 50.6 Å². The Morgan fingerprint density at radius 3 is 1.93 bits per heavy atom. The first-order valence-corrected chi connectivity index (χ1v) is 17.4. The standard InChI is InChI=1S/C15H19N7.C12H18N4O.C10H18N4O/c1-6-7-5-8(15(2,3)4)11-9(10(7)20-13(17)19-6)12(16)22-14(18)21-11;1-12(2,3)6-4-5-7(13)8-9(6)15-11(14)16-10(8)17;1-6(11)7-5-14(10(2,3)4)9(15)13-8(7)12/h5H,1-4H3,(H2,17,19,20)(H4,16,18,21,22);4-5,10,17H,13H2,1-3H3,(H3,14,15,16);5-6H,11H2,1-4H3,(H2,12,13,15). The maximum Gasteiger partial charge on any atom is 0.349 e. The number of aliphatic hydroxyl groups is 1. The van der Waals surface area contributed by atoms with Crippen molar-refractivity contribution in [3.63, 3.8) is 0 Å². The molecule has 0 saturated heterocycles. The molecule has 4 heterocycles. The molecule has 1 aliphatic rings. The van der Waals surface area contributed by atoms with Crippen LogP contribution in [0.25, 0.3) is 21.8 Å². The van der Waals surface area contributed by atoms with Crippen molar-refractivity contribution in [2.45, 2.75) is 105 Å². The first-order valence-electron chi connectivity index (χ1n) is 17.4. The quantitative estimate of drug-likeness (QED) is 0.0871. The highest BCUT2D eigenvalue weighted by atomic mass is 16.3. The van der Waals surface area contributed by atoms with Gasteiger partial charge in [-0.2, -0.15) is 9.97 Å². The molecule has 2 unspecified atom stereocenters. The molecular weight excluding hydrogens is 687 g/mol. The lowest BCUT2D eigenvalue weighted by Gasteiger charge is -2.29. The zero-order chi connectivity index (χ0) is 40.8. The Bertz CT molecular complexity index is 2310. The molecule has 17 nitrogen and oxygen atoms in total. The molecule has 0 saturated carbocycles. The van der Waals surface area contributed by atoms with E-state index in [1.807, 2.05) is 46.8 Å². The molecule has 3 aromatic heterocycles. The minimum atomic E-state index is -0.992. The first-order chi connectivity index (χ1) is 24.7. The average Bonchev–Trinajstić information content (AvgIpc) is 2.98. The summed E-state index contributed by atoms with van der Waals surface area (Å²) in [6, 6.07) is 5.55. The second-order valence-electron chi connectivity index (χ2n) is 16.4. The van der Waals surface area contributed by atoms with E-state index in [1.165, 1.54) is 0 Å². The number of nitrogens with zero attached hydrogens (tertiary/aromatic N) is 7. The molecule has 1 aliphatic heterocycles. The molecule has 0 aliphatic carbocycles. The molecule has 6 rings (SSSR count). The van der Waals surface area contributed by atoms with Gasteiger partial charge in [0.15, 0.2) is 12.2 Å². The average molecular weight is 742 g/mol. The number of aliphatic imine (C=N–C) groups is 1. The summed E-state index contributed by atoms with van der Waals surface area (Å²) < 4.78 is 1.54. The van der Waals surface area contributed by atoms with Crippen LogP contribution in [0.3, 0.4) is 0 Å². The summed E-state index contributed by atoms with van der Waals surface area (Å²) in [5.41, 5.74) is 46.5. The third kappa shape index (κ3) is 8.52. The number of hydrogen-bond donors (Lipinski definition) is 9. The Morgan fingerprint density at radius 1 is 0.796 bits per heavy atom. The predicted molar refractivity (Wildman–Crippen MR) is 220 cm³/mol. The van der Waals surface area contributed by atoms with Crippen LogP contribution in [-0.4, -0.2) is 40.6 Å². The van der Waals surface area contributed by atoms with Crippen molar-refractivity contribution in [1.82, 2.24) is 29.5 Å². The van der Waals surface area contributed by atoms with Crippen LogP contribution >= 0.6 is 0 Å². The number of aromatic nitrogens is 6. The number of guanidine groups is 1. The van der Waals surface area contributed by atoms with Gasteiger partial charge in [-0.15, -0.1) is 0 Å². The third-order valence-corrected chi connectivity index (χ3v) is 8.76. The summed E-state index contributed by atoms with van der Waals surface area (Å²) in [6.45, 7) is 22.1. The smallest absolute Gasteiger partial charge is 0.349 e. The summed E-state index contributed by atoms with van der Waals surface area (Å²) in [5.74, 6) is 1.08. The van der Waals surface area contributed by atoms with Gasteiger partial charge in [0.25, 0.3) is 0 Å². The van der Waals surface area contributed by atoms with Gasteiger partial charge in [0.05, 0.1) is 27.8 Å². The van der Waals surface area contributed by atoms with Crippen molar-refractivity contribution < 1.29 is 5.11 Å². The van der Waals surface area contributed by atoms with Gasteiger partial charge in [0.2, 0.25) is 11.9 Å². The topological polar surface area (TPSA) is 313 Å². The summed E-state index contributed by atoms with van der Waals surface area (Å²) in [5, 5.41) is 14.5. The number of rotatable bonds is 1. The van der Waals surface area contributed by atoms with Crippen LogP contribution in [0.1, 0.15) is 109 Å². The molecule has 0 fully saturated rings. The lowest BCUT2D eigenvalue weighted by molar-refractivity contribution is 0.188. The van der Waals surface area contributed by atoms with E-state index >= 15 is 0 Å². The van der Waals surface area contributed by atoms with Crippen LogP contribution in [0.15, 0.2) is 34.2 Å². The highest BCUT2D eigenvalue weighted by Gasteiger charge is 2.28. The lowest BCUT2D eigenvalue weighted by atomic mass is 9.83. The molecule has 5 aromatic rings. The zero-order valence-corrected chi connectivity index (χ0v) is 33.0. The van der Waals surface area contributed by atoms with Crippen LogP contribution in [0.5, 0.6) is 0 Å². The first kappa shape index (κ1) is 41.0.